The van der Waals surface area contributed by atoms with Crippen molar-refractivity contribution < 1.29 is 0 Å². The molecular weight excluding hydrogens is 275 g/mol. The van der Waals surface area contributed by atoms with Crippen molar-refractivity contribution >= 4 is 45.9 Å². The monoisotopic (exact) mass is 286 g/mol. The summed E-state index contributed by atoms with van der Waals surface area (Å²) in [5.41, 5.74) is 1.15. The summed E-state index contributed by atoms with van der Waals surface area (Å²) in [4.78, 5) is 20.3. The van der Waals surface area contributed by atoms with Gasteiger partial charge in [0.15, 0.2) is 11.6 Å². The first-order chi connectivity index (χ1) is 8.40. The fourth-order valence-corrected chi connectivity index (χ4v) is 1.89. The molecule has 18 heavy (non-hydrogen) atoms. The zero-order chi connectivity index (χ0) is 13.4. The van der Waals surface area contributed by atoms with Crippen LogP contribution in [0.2, 0.25) is 10.6 Å². The van der Waals surface area contributed by atoms with Gasteiger partial charge in [-0.3, -0.25) is 0 Å². The molecule has 0 atom stereocenters. The molecule has 0 aliphatic rings. The lowest BCUT2D eigenvalue weighted by atomic mass is 10.3. The molecular formula is C10H12Cl2N6. The third-order valence-electron chi connectivity index (χ3n) is 2.30. The van der Waals surface area contributed by atoms with E-state index in [0.717, 1.165) is 0 Å². The highest BCUT2D eigenvalue weighted by Gasteiger charge is 2.16. The van der Waals surface area contributed by atoms with E-state index in [1.807, 2.05) is 28.2 Å². The zero-order valence-electron chi connectivity index (χ0n) is 10.4. The molecule has 0 aromatic carbocycles. The Morgan fingerprint density at radius 1 is 0.667 bits per heavy atom. The van der Waals surface area contributed by atoms with Gasteiger partial charge < -0.3 is 9.80 Å². The Morgan fingerprint density at radius 2 is 1.00 bits per heavy atom. The lowest BCUT2D eigenvalue weighted by Gasteiger charge is -2.17. The Bertz CT molecular complexity index is 545. The van der Waals surface area contributed by atoms with Crippen molar-refractivity contribution in [2.75, 3.05) is 38.0 Å². The number of aromatic nitrogens is 4. The maximum atomic E-state index is 5.93. The highest BCUT2D eigenvalue weighted by Crippen LogP contribution is 2.28. The first-order valence-corrected chi connectivity index (χ1v) is 5.91. The first kappa shape index (κ1) is 13.0. The summed E-state index contributed by atoms with van der Waals surface area (Å²) in [6, 6.07) is 0. The molecule has 0 N–H and O–H groups in total. The van der Waals surface area contributed by atoms with Crippen LogP contribution in [0.1, 0.15) is 0 Å². The predicted octanol–water partition coefficient (Wildman–Crippen LogP) is 1.86. The summed E-state index contributed by atoms with van der Waals surface area (Å²) in [5.74, 6) is 1.22. The molecule has 0 spiro atoms. The van der Waals surface area contributed by atoms with E-state index in [1.54, 1.807) is 9.80 Å². The first-order valence-electron chi connectivity index (χ1n) is 5.15. The standard InChI is InChI=1S/C10H12Cl2N6/c1-17(2)7-5-6(14-9(11)15-7)8(18(3)4)16-10(12)13-5/h1-4H3. The molecule has 0 bridgehead atoms. The third kappa shape index (κ3) is 2.26. The molecule has 8 heteroatoms. The maximum Gasteiger partial charge on any atom is 0.225 e. The summed E-state index contributed by atoms with van der Waals surface area (Å²) in [6.07, 6.45) is 0. The van der Waals surface area contributed by atoms with Crippen LogP contribution in [0.15, 0.2) is 0 Å². The van der Waals surface area contributed by atoms with Crippen molar-refractivity contribution in [2.24, 2.45) is 0 Å². The number of halogens is 2. The maximum absolute atomic E-state index is 5.93. The van der Waals surface area contributed by atoms with Gasteiger partial charge in [0.05, 0.1) is 0 Å². The quantitative estimate of drug-likeness (QED) is 0.786. The molecule has 6 nitrogen and oxygen atoms in total. The van der Waals surface area contributed by atoms with E-state index in [9.17, 15) is 0 Å². The van der Waals surface area contributed by atoms with Crippen LogP contribution in [0.25, 0.3) is 11.0 Å². The van der Waals surface area contributed by atoms with Crippen LogP contribution in [0.3, 0.4) is 0 Å². The van der Waals surface area contributed by atoms with Gasteiger partial charge in [0.2, 0.25) is 10.6 Å². The van der Waals surface area contributed by atoms with Gasteiger partial charge in [0.1, 0.15) is 11.0 Å². The predicted molar refractivity (Wildman–Crippen MR) is 73.8 cm³/mol. The normalized spacial score (nSPS) is 10.8. The van der Waals surface area contributed by atoms with Gasteiger partial charge >= 0.3 is 0 Å². The molecule has 2 aromatic rings. The number of rotatable bonds is 2. The Hall–Kier alpha value is -1.40. The fourth-order valence-electron chi connectivity index (χ4n) is 1.56. The van der Waals surface area contributed by atoms with E-state index < -0.39 is 0 Å². The molecule has 0 saturated heterocycles. The number of hydrogen-bond acceptors (Lipinski definition) is 6. The molecule has 96 valence electrons. The van der Waals surface area contributed by atoms with Crippen LogP contribution in [-0.2, 0) is 0 Å². The van der Waals surface area contributed by atoms with Crippen LogP contribution in [0, 0.1) is 0 Å². The minimum atomic E-state index is 0.153. The van der Waals surface area contributed by atoms with E-state index in [-0.39, 0.29) is 10.6 Å². The van der Waals surface area contributed by atoms with E-state index in [1.165, 1.54) is 0 Å². The minimum Gasteiger partial charge on any atom is -0.361 e. The highest BCUT2D eigenvalue weighted by atomic mass is 35.5. The second kappa shape index (κ2) is 4.70. The zero-order valence-corrected chi connectivity index (χ0v) is 12.0. The van der Waals surface area contributed by atoms with E-state index >= 15 is 0 Å². The van der Waals surface area contributed by atoms with Crippen molar-refractivity contribution in [2.45, 2.75) is 0 Å². The minimum absolute atomic E-state index is 0.153. The summed E-state index contributed by atoms with van der Waals surface area (Å²) in [6.45, 7) is 0. The Morgan fingerprint density at radius 3 is 1.28 bits per heavy atom. The number of fused-ring (bicyclic) bond motifs is 1. The summed E-state index contributed by atoms with van der Waals surface area (Å²) in [7, 11) is 7.40. The van der Waals surface area contributed by atoms with Gasteiger partial charge in [-0.25, -0.2) is 9.97 Å². The van der Waals surface area contributed by atoms with Gasteiger partial charge in [-0.05, 0) is 23.2 Å². The highest BCUT2D eigenvalue weighted by molar-refractivity contribution is 6.30. The van der Waals surface area contributed by atoms with Crippen LogP contribution in [0.5, 0.6) is 0 Å². The average Bonchev–Trinajstić information content (AvgIpc) is 2.27. The summed E-state index contributed by atoms with van der Waals surface area (Å²) < 4.78 is 0. The molecule has 0 radical (unpaired) electrons. The van der Waals surface area contributed by atoms with Gasteiger partial charge in [0.25, 0.3) is 0 Å². The molecule has 2 heterocycles. The van der Waals surface area contributed by atoms with Gasteiger partial charge in [-0.1, -0.05) is 0 Å². The fraction of sp³-hybridized carbons (Fsp3) is 0.400. The second-order valence-electron chi connectivity index (χ2n) is 4.12. The largest absolute Gasteiger partial charge is 0.361 e. The number of nitrogens with zero attached hydrogens (tertiary/aromatic N) is 6. The molecule has 0 unspecified atom stereocenters. The lowest BCUT2D eigenvalue weighted by molar-refractivity contribution is 1.02. The molecule has 0 aliphatic heterocycles. The topological polar surface area (TPSA) is 58.0 Å². The summed E-state index contributed by atoms with van der Waals surface area (Å²) in [5, 5.41) is 0.306. The van der Waals surface area contributed by atoms with E-state index in [0.29, 0.717) is 22.7 Å². The lowest BCUT2D eigenvalue weighted by Crippen LogP contribution is -2.16. The SMILES string of the molecule is CN(C)c1nc(Cl)nc2c(N(C)C)nc(Cl)nc12. The van der Waals surface area contributed by atoms with Crippen molar-refractivity contribution in [1.29, 1.82) is 0 Å². The molecule has 0 aliphatic carbocycles. The van der Waals surface area contributed by atoms with E-state index in [2.05, 4.69) is 19.9 Å². The third-order valence-corrected chi connectivity index (χ3v) is 2.64. The van der Waals surface area contributed by atoms with Gasteiger partial charge in [-0.15, -0.1) is 0 Å². The van der Waals surface area contributed by atoms with Crippen LogP contribution < -0.4 is 9.80 Å². The molecule has 2 aromatic heterocycles. The molecule has 0 fully saturated rings. The van der Waals surface area contributed by atoms with Crippen molar-refractivity contribution in [3.63, 3.8) is 0 Å². The molecule has 0 amide bonds. The van der Waals surface area contributed by atoms with Crippen LogP contribution >= 0.6 is 23.2 Å². The second-order valence-corrected chi connectivity index (χ2v) is 4.79. The van der Waals surface area contributed by atoms with Gasteiger partial charge in [0, 0.05) is 28.2 Å². The smallest absolute Gasteiger partial charge is 0.225 e. The van der Waals surface area contributed by atoms with Crippen LogP contribution in [-0.4, -0.2) is 48.1 Å². The average molecular weight is 287 g/mol. The van der Waals surface area contributed by atoms with Crippen molar-refractivity contribution in [1.82, 2.24) is 19.9 Å². The number of anilines is 2. The van der Waals surface area contributed by atoms with Gasteiger partial charge in [-0.2, -0.15) is 9.97 Å². The van der Waals surface area contributed by atoms with Crippen LogP contribution in [0.4, 0.5) is 11.6 Å². The molecule has 2 rings (SSSR count). The summed E-state index contributed by atoms with van der Waals surface area (Å²) >= 11 is 11.9. The Kier molecular flexibility index (Phi) is 3.41. The van der Waals surface area contributed by atoms with E-state index in [4.69, 9.17) is 23.2 Å². The Balaban J connectivity index is 2.89. The Labute approximate surface area is 115 Å². The van der Waals surface area contributed by atoms with Crippen molar-refractivity contribution in [3.05, 3.63) is 10.6 Å². The van der Waals surface area contributed by atoms with Crippen molar-refractivity contribution in [3.8, 4) is 0 Å². The molecule has 0 saturated carbocycles. The number of hydrogen-bond donors (Lipinski definition) is 0.